The van der Waals surface area contributed by atoms with Crippen LogP contribution in [-0.4, -0.2) is 25.8 Å². The first-order chi connectivity index (χ1) is 8.13. The number of amides is 2. The van der Waals surface area contributed by atoms with E-state index in [1.807, 2.05) is 25.1 Å². The Morgan fingerprint density at radius 1 is 1.41 bits per heavy atom. The van der Waals surface area contributed by atoms with E-state index in [-0.39, 0.29) is 6.03 Å². The van der Waals surface area contributed by atoms with Gasteiger partial charge in [0.05, 0.1) is 12.3 Å². The number of urea groups is 1. The van der Waals surface area contributed by atoms with Crippen molar-refractivity contribution >= 4 is 43.6 Å². The average Bonchev–Trinajstić information content (AvgIpc) is 2.29. The number of hydrogen-bond acceptors (Lipinski definition) is 2. The minimum Gasteiger partial charge on any atom is -0.380 e. The summed E-state index contributed by atoms with van der Waals surface area (Å²) in [6.45, 7) is 3.58. The summed E-state index contributed by atoms with van der Waals surface area (Å²) in [5.74, 6) is 0. The van der Waals surface area contributed by atoms with Crippen molar-refractivity contribution in [1.82, 2.24) is 5.32 Å². The Hall–Kier alpha value is -0.590. The summed E-state index contributed by atoms with van der Waals surface area (Å²) >= 11 is 6.71. The first-order valence-corrected chi connectivity index (χ1v) is 6.79. The highest BCUT2D eigenvalue weighted by Crippen LogP contribution is 2.25. The standard InChI is InChI=1S/C11H14Br2N2O2/c1-2-17-6-5-14-11(16)15-10-7-8(12)3-4-9(10)13/h3-4,7H,2,5-6H2,1H3,(H2,14,15,16). The molecule has 94 valence electrons. The van der Waals surface area contributed by atoms with Gasteiger partial charge in [-0.25, -0.2) is 4.79 Å². The Labute approximate surface area is 117 Å². The van der Waals surface area contributed by atoms with Crippen LogP contribution in [0.1, 0.15) is 6.92 Å². The summed E-state index contributed by atoms with van der Waals surface area (Å²) in [7, 11) is 0. The second kappa shape index (κ2) is 7.68. The predicted molar refractivity (Wildman–Crippen MR) is 75.4 cm³/mol. The lowest BCUT2D eigenvalue weighted by atomic mass is 10.3. The van der Waals surface area contributed by atoms with Gasteiger partial charge in [0.2, 0.25) is 0 Å². The second-order valence-corrected chi connectivity index (χ2v) is 4.97. The SMILES string of the molecule is CCOCCNC(=O)Nc1cc(Br)ccc1Br. The first kappa shape index (κ1) is 14.5. The van der Waals surface area contributed by atoms with Gasteiger partial charge in [0.25, 0.3) is 0 Å². The number of carbonyl (C=O) groups is 1. The number of nitrogens with one attached hydrogen (secondary N) is 2. The number of anilines is 1. The summed E-state index contributed by atoms with van der Waals surface area (Å²) < 4.78 is 6.86. The summed E-state index contributed by atoms with van der Waals surface area (Å²) in [5, 5.41) is 5.45. The quantitative estimate of drug-likeness (QED) is 0.786. The maximum absolute atomic E-state index is 11.5. The van der Waals surface area contributed by atoms with Crippen molar-refractivity contribution in [1.29, 1.82) is 0 Å². The van der Waals surface area contributed by atoms with Gasteiger partial charge in [-0.2, -0.15) is 0 Å². The fourth-order valence-corrected chi connectivity index (χ4v) is 1.85. The van der Waals surface area contributed by atoms with Crippen LogP contribution >= 0.6 is 31.9 Å². The van der Waals surface area contributed by atoms with Crippen LogP contribution in [0.5, 0.6) is 0 Å². The zero-order chi connectivity index (χ0) is 12.7. The maximum Gasteiger partial charge on any atom is 0.319 e. The van der Waals surface area contributed by atoms with Gasteiger partial charge in [-0.05, 0) is 41.1 Å². The Balaban J connectivity index is 2.42. The van der Waals surface area contributed by atoms with Crippen LogP contribution in [0.3, 0.4) is 0 Å². The third-order valence-electron chi connectivity index (χ3n) is 1.91. The fraction of sp³-hybridized carbons (Fsp3) is 0.364. The molecule has 1 aromatic rings. The zero-order valence-corrected chi connectivity index (χ0v) is 12.6. The van der Waals surface area contributed by atoms with Crippen molar-refractivity contribution in [3.8, 4) is 0 Å². The average molecular weight is 366 g/mol. The molecule has 0 bridgehead atoms. The second-order valence-electron chi connectivity index (χ2n) is 3.20. The highest BCUT2D eigenvalue weighted by atomic mass is 79.9. The highest BCUT2D eigenvalue weighted by molar-refractivity contribution is 9.11. The predicted octanol–water partition coefficient (Wildman–Crippen LogP) is 3.37. The van der Waals surface area contributed by atoms with Gasteiger partial charge in [0.15, 0.2) is 0 Å². The molecule has 0 aliphatic carbocycles. The topological polar surface area (TPSA) is 50.4 Å². The number of ether oxygens (including phenoxy) is 1. The van der Waals surface area contributed by atoms with Gasteiger partial charge < -0.3 is 15.4 Å². The van der Waals surface area contributed by atoms with Crippen LogP contribution < -0.4 is 10.6 Å². The molecule has 2 amide bonds. The van der Waals surface area contributed by atoms with Crippen LogP contribution in [0.15, 0.2) is 27.1 Å². The van der Waals surface area contributed by atoms with Gasteiger partial charge in [-0.3, -0.25) is 0 Å². The molecule has 0 aliphatic heterocycles. The summed E-state index contributed by atoms with van der Waals surface area (Å²) in [5.41, 5.74) is 0.716. The van der Waals surface area contributed by atoms with Gasteiger partial charge in [-0.1, -0.05) is 15.9 Å². The van der Waals surface area contributed by atoms with E-state index in [1.165, 1.54) is 0 Å². The third-order valence-corrected chi connectivity index (χ3v) is 3.10. The van der Waals surface area contributed by atoms with Crippen LogP contribution in [0, 0.1) is 0 Å². The molecule has 0 fully saturated rings. The van der Waals surface area contributed by atoms with E-state index < -0.39 is 0 Å². The van der Waals surface area contributed by atoms with E-state index in [4.69, 9.17) is 4.74 Å². The molecule has 0 aliphatic rings. The highest BCUT2D eigenvalue weighted by Gasteiger charge is 2.05. The minimum atomic E-state index is -0.247. The van der Waals surface area contributed by atoms with E-state index >= 15 is 0 Å². The minimum absolute atomic E-state index is 0.247. The Bertz CT molecular complexity index is 386. The van der Waals surface area contributed by atoms with Crippen molar-refractivity contribution in [3.05, 3.63) is 27.1 Å². The van der Waals surface area contributed by atoms with Crippen LogP contribution in [0.25, 0.3) is 0 Å². The molecule has 0 spiro atoms. The molecular weight excluding hydrogens is 352 g/mol. The molecule has 6 heteroatoms. The zero-order valence-electron chi connectivity index (χ0n) is 9.43. The van der Waals surface area contributed by atoms with Gasteiger partial charge >= 0.3 is 6.03 Å². The van der Waals surface area contributed by atoms with Crippen molar-refractivity contribution in [2.45, 2.75) is 6.92 Å². The molecule has 0 saturated heterocycles. The van der Waals surface area contributed by atoms with E-state index in [1.54, 1.807) is 0 Å². The number of halogens is 2. The summed E-state index contributed by atoms with van der Waals surface area (Å²) in [6.07, 6.45) is 0. The third kappa shape index (κ3) is 5.52. The molecule has 17 heavy (non-hydrogen) atoms. The molecule has 0 unspecified atom stereocenters. The number of carbonyl (C=O) groups excluding carboxylic acids is 1. The number of rotatable bonds is 5. The van der Waals surface area contributed by atoms with Crippen LogP contribution in [-0.2, 0) is 4.74 Å². The Morgan fingerprint density at radius 2 is 2.18 bits per heavy atom. The van der Waals surface area contributed by atoms with Crippen molar-refractivity contribution in [3.63, 3.8) is 0 Å². The lowest BCUT2D eigenvalue weighted by molar-refractivity contribution is 0.150. The van der Waals surface area contributed by atoms with Crippen molar-refractivity contribution in [2.75, 3.05) is 25.1 Å². The number of hydrogen-bond donors (Lipinski definition) is 2. The van der Waals surface area contributed by atoms with Gasteiger partial charge in [-0.15, -0.1) is 0 Å². The van der Waals surface area contributed by atoms with E-state index in [2.05, 4.69) is 42.5 Å². The summed E-state index contributed by atoms with van der Waals surface area (Å²) in [6, 6.07) is 5.33. The van der Waals surface area contributed by atoms with Gasteiger partial charge in [0.1, 0.15) is 0 Å². The molecule has 2 N–H and O–H groups in total. The molecule has 4 nitrogen and oxygen atoms in total. The van der Waals surface area contributed by atoms with Crippen LogP contribution in [0.4, 0.5) is 10.5 Å². The smallest absolute Gasteiger partial charge is 0.319 e. The first-order valence-electron chi connectivity index (χ1n) is 5.21. The largest absolute Gasteiger partial charge is 0.380 e. The molecule has 0 heterocycles. The monoisotopic (exact) mass is 364 g/mol. The fourth-order valence-electron chi connectivity index (χ4n) is 1.14. The molecule has 0 saturated carbocycles. The van der Waals surface area contributed by atoms with E-state index in [0.717, 1.165) is 8.95 Å². The lowest BCUT2D eigenvalue weighted by Gasteiger charge is -2.09. The molecule has 1 aromatic carbocycles. The van der Waals surface area contributed by atoms with Crippen molar-refractivity contribution < 1.29 is 9.53 Å². The normalized spacial score (nSPS) is 10.1. The number of benzene rings is 1. The van der Waals surface area contributed by atoms with Gasteiger partial charge in [0, 0.05) is 22.1 Å². The summed E-state index contributed by atoms with van der Waals surface area (Å²) in [4.78, 5) is 11.5. The molecule has 0 radical (unpaired) electrons. The molecule has 0 atom stereocenters. The lowest BCUT2D eigenvalue weighted by Crippen LogP contribution is -2.31. The van der Waals surface area contributed by atoms with Crippen molar-refractivity contribution in [2.24, 2.45) is 0 Å². The van der Waals surface area contributed by atoms with Crippen LogP contribution in [0.2, 0.25) is 0 Å². The Morgan fingerprint density at radius 3 is 2.88 bits per heavy atom. The van der Waals surface area contributed by atoms with E-state index in [9.17, 15) is 4.79 Å². The Kier molecular flexibility index (Phi) is 6.54. The molecule has 0 aromatic heterocycles. The van der Waals surface area contributed by atoms with E-state index in [0.29, 0.717) is 25.4 Å². The maximum atomic E-state index is 11.5. The molecular formula is C11H14Br2N2O2. The molecule has 1 rings (SSSR count).